The molecule has 0 unspecified atom stereocenters. The van der Waals surface area contributed by atoms with E-state index in [0.29, 0.717) is 19.5 Å². The Kier molecular flexibility index (Phi) is 6.25. The largest absolute Gasteiger partial charge is 0.338 e. The lowest BCUT2D eigenvalue weighted by molar-refractivity contribution is -0.133. The first-order valence-electron chi connectivity index (χ1n) is 9.16. The number of urea groups is 1. The molecule has 0 atom stereocenters. The van der Waals surface area contributed by atoms with Crippen molar-refractivity contribution in [2.24, 2.45) is 0 Å². The molecule has 2 N–H and O–H groups in total. The number of piperidine rings is 1. The zero-order valence-electron chi connectivity index (χ0n) is 14.9. The molecule has 2 aromatic rings. The molecule has 3 rings (SSSR count). The standard InChI is InChI=1S/C21H25N3O2/c25-20-11-4-5-14-24(20)16-18-9-6-10-19(15-18)23-21(26)22-13-12-17-7-2-1-3-8-17/h1-3,6-10,15H,4-5,11-14,16H2,(H2,22,23,26). The minimum Gasteiger partial charge on any atom is -0.338 e. The van der Waals surface area contributed by atoms with Crippen molar-refractivity contribution in [3.63, 3.8) is 0 Å². The Hall–Kier alpha value is -2.82. The van der Waals surface area contributed by atoms with E-state index in [1.165, 1.54) is 5.56 Å². The Bertz CT molecular complexity index is 746. The van der Waals surface area contributed by atoms with Gasteiger partial charge in [-0.05, 0) is 42.5 Å². The Labute approximate surface area is 154 Å². The van der Waals surface area contributed by atoms with Crippen LogP contribution in [0.2, 0.25) is 0 Å². The van der Waals surface area contributed by atoms with Crippen LogP contribution >= 0.6 is 0 Å². The van der Waals surface area contributed by atoms with Crippen molar-refractivity contribution in [3.05, 3.63) is 65.7 Å². The molecule has 0 aliphatic carbocycles. The lowest BCUT2D eigenvalue weighted by Gasteiger charge is -2.26. The van der Waals surface area contributed by atoms with Crippen molar-refractivity contribution >= 4 is 17.6 Å². The monoisotopic (exact) mass is 351 g/mol. The first-order valence-corrected chi connectivity index (χ1v) is 9.16. The topological polar surface area (TPSA) is 61.4 Å². The van der Waals surface area contributed by atoms with Crippen LogP contribution in [0.3, 0.4) is 0 Å². The Balaban J connectivity index is 1.48. The molecule has 0 aromatic heterocycles. The van der Waals surface area contributed by atoms with Crippen molar-refractivity contribution in [1.82, 2.24) is 10.2 Å². The SMILES string of the molecule is O=C(NCCc1ccccc1)Nc1cccc(CN2CCCCC2=O)c1. The third-order valence-corrected chi connectivity index (χ3v) is 4.52. The summed E-state index contributed by atoms with van der Waals surface area (Å²) in [5.74, 6) is 0.216. The number of amides is 3. The first kappa shape index (κ1) is 18.0. The lowest BCUT2D eigenvalue weighted by Crippen LogP contribution is -2.34. The molecule has 1 aliphatic rings. The number of rotatable bonds is 6. The summed E-state index contributed by atoms with van der Waals surface area (Å²) in [7, 11) is 0. The molecule has 1 heterocycles. The van der Waals surface area contributed by atoms with Gasteiger partial charge in [0.1, 0.15) is 0 Å². The third kappa shape index (κ3) is 5.34. The average molecular weight is 351 g/mol. The van der Waals surface area contributed by atoms with Gasteiger partial charge in [0.2, 0.25) is 5.91 Å². The maximum atomic E-state index is 12.1. The van der Waals surface area contributed by atoms with Gasteiger partial charge in [0.25, 0.3) is 0 Å². The van der Waals surface area contributed by atoms with E-state index in [-0.39, 0.29) is 11.9 Å². The molecule has 0 radical (unpaired) electrons. The number of anilines is 1. The van der Waals surface area contributed by atoms with Crippen LogP contribution in [0.25, 0.3) is 0 Å². The van der Waals surface area contributed by atoms with Crippen LogP contribution in [0.4, 0.5) is 10.5 Å². The fourth-order valence-electron chi connectivity index (χ4n) is 3.14. The van der Waals surface area contributed by atoms with Crippen LogP contribution < -0.4 is 10.6 Å². The molecule has 0 spiro atoms. The van der Waals surface area contributed by atoms with Crippen molar-refractivity contribution in [2.45, 2.75) is 32.2 Å². The van der Waals surface area contributed by atoms with Gasteiger partial charge in [-0.2, -0.15) is 0 Å². The highest BCUT2D eigenvalue weighted by molar-refractivity contribution is 5.89. The van der Waals surface area contributed by atoms with Crippen molar-refractivity contribution in [2.75, 3.05) is 18.4 Å². The van der Waals surface area contributed by atoms with Crippen molar-refractivity contribution in [3.8, 4) is 0 Å². The maximum absolute atomic E-state index is 12.1. The van der Waals surface area contributed by atoms with Gasteiger partial charge >= 0.3 is 6.03 Å². The van der Waals surface area contributed by atoms with Crippen LogP contribution in [-0.4, -0.2) is 29.9 Å². The molecule has 5 heteroatoms. The van der Waals surface area contributed by atoms with Gasteiger partial charge in [-0.1, -0.05) is 42.5 Å². The smallest absolute Gasteiger partial charge is 0.319 e. The van der Waals surface area contributed by atoms with Gasteiger partial charge in [0.15, 0.2) is 0 Å². The summed E-state index contributed by atoms with van der Waals surface area (Å²) < 4.78 is 0. The van der Waals surface area contributed by atoms with Gasteiger partial charge in [-0.15, -0.1) is 0 Å². The second kappa shape index (κ2) is 9.04. The lowest BCUT2D eigenvalue weighted by atomic mass is 10.1. The minimum atomic E-state index is -0.216. The summed E-state index contributed by atoms with van der Waals surface area (Å²) in [5.41, 5.74) is 2.97. The van der Waals surface area contributed by atoms with E-state index in [0.717, 1.165) is 37.1 Å². The molecule has 136 valence electrons. The molecular formula is C21H25N3O2. The highest BCUT2D eigenvalue weighted by Gasteiger charge is 2.18. The number of carbonyl (C=O) groups is 2. The predicted octanol–water partition coefficient (Wildman–Crippen LogP) is 3.56. The number of hydrogen-bond donors (Lipinski definition) is 2. The summed E-state index contributed by atoms with van der Waals surface area (Å²) in [4.78, 5) is 25.9. The number of nitrogens with zero attached hydrogens (tertiary/aromatic N) is 1. The predicted molar refractivity (Wildman–Crippen MR) is 103 cm³/mol. The highest BCUT2D eigenvalue weighted by Crippen LogP contribution is 2.17. The van der Waals surface area contributed by atoms with Gasteiger partial charge in [0.05, 0.1) is 0 Å². The molecular weight excluding hydrogens is 326 g/mol. The number of nitrogens with one attached hydrogen (secondary N) is 2. The Morgan fingerprint density at radius 2 is 1.81 bits per heavy atom. The molecule has 0 saturated carbocycles. The molecule has 1 saturated heterocycles. The first-order chi connectivity index (χ1) is 12.7. The summed E-state index contributed by atoms with van der Waals surface area (Å²) in [6.07, 6.45) is 3.49. The normalized spacial score (nSPS) is 14.2. The zero-order chi connectivity index (χ0) is 18.2. The van der Waals surface area contributed by atoms with Gasteiger partial charge in [0, 0.05) is 31.7 Å². The van der Waals surface area contributed by atoms with Gasteiger partial charge in [-0.25, -0.2) is 4.79 Å². The van der Waals surface area contributed by atoms with Crippen molar-refractivity contribution < 1.29 is 9.59 Å². The van der Waals surface area contributed by atoms with E-state index in [1.54, 1.807) is 0 Å². The summed E-state index contributed by atoms with van der Waals surface area (Å²) in [6.45, 7) is 2.00. The maximum Gasteiger partial charge on any atom is 0.319 e. The second-order valence-corrected chi connectivity index (χ2v) is 6.59. The molecule has 3 amide bonds. The van der Waals surface area contributed by atoms with E-state index in [1.807, 2.05) is 59.5 Å². The average Bonchev–Trinajstić information content (AvgIpc) is 2.65. The third-order valence-electron chi connectivity index (χ3n) is 4.52. The molecule has 1 aliphatic heterocycles. The second-order valence-electron chi connectivity index (χ2n) is 6.59. The van der Waals surface area contributed by atoms with Crippen molar-refractivity contribution in [1.29, 1.82) is 0 Å². The fraction of sp³-hybridized carbons (Fsp3) is 0.333. The van der Waals surface area contributed by atoms with Gasteiger partial charge in [-0.3, -0.25) is 4.79 Å². The van der Waals surface area contributed by atoms with E-state index in [4.69, 9.17) is 0 Å². The van der Waals surface area contributed by atoms with Crippen LogP contribution in [0.5, 0.6) is 0 Å². The summed E-state index contributed by atoms with van der Waals surface area (Å²) in [5, 5.41) is 5.74. The summed E-state index contributed by atoms with van der Waals surface area (Å²) >= 11 is 0. The Morgan fingerprint density at radius 1 is 1.00 bits per heavy atom. The molecule has 26 heavy (non-hydrogen) atoms. The van der Waals surface area contributed by atoms with E-state index >= 15 is 0 Å². The van der Waals surface area contributed by atoms with E-state index in [2.05, 4.69) is 10.6 Å². The number of benzene rings is 2. The number of carbonyl (C=O) groups excluding carboxylic acids is 2. The fourth-order valence-corrected chi connectivity index (χ4v) is 3.14. The van der Waals surface area contributed by atoms with Crippen LogP contribution in [-0.2, 0) is 17.8 Å². The number of likely N-dealkylation sites (tertiary alicyclic amines) is 1. The van der Waals surface area contributed by atoms with E-state index in [9.17, 15) is 9.59 Å². The quantitative estimate of drug-likeness (QED) is 0.836. The zero-order valence-corrected chi connectivity index (χ0v) is 14.9. The molecule has 2 aromatic carbocycles. The van der Waals surface area contributed by atoms with E-state index < -0.39 is 0 Å². The molecule has 0 bridgehead atoms. The van der Waals surface area contributed by atoms with Crippen LogP contribution in [0, 0.1) is 0 Å². The molecule has 5 nitrogen and oxygen atoms in total. The molecule has 1 fully saturated rings. The Morgan fingerprint density at radius 3 is 2.62 bits per heavy atom. The van der Waals surface area contributed by atoms with Gasteiger partial charge < -0.3 is 15.5 Å². The minimum absolute atomic E-state index is 0.216. The van der Waals surface area contributed by atoms with Crippen LogP contribution in [0.15, 0.2) is 54.6 Å². The number of hydrogen-bond acceptors (Lipinski definition) is 2. The highest BCUT2D eigenvalue weighted by atomic mass is 16.2. The van der Waals surface area contributed by atoms with Crippen LogP contribution in [0.1, 0.15) is 30.4 Å². The summed E-state index contributed by atoms with van der Waals surface area (Å²) in [6, 6.07) is 17.5.